The van der Waals surface area contributed by atoms with Crippen molar-refractivity contribution < 1.29 is 4.79 Å². The molecule has 152 valence electrons. The quantitative estimate of drug-likeness (QED) is 0.487. The first-order valence-corrected chi connectivity index (χ1v) is 9.80. The van der Waals surface area contributed by atoms with Gasteiger partial charge in [0, 0.05) is 17.3 Å². The Bertz CT molecular complexity index is 1390. The average molecular weight is 409 g/mol. The van der Waals surface area contributed by atoms with Gasteiger partial charge in [0.25, 0.3) is 5.91 Å². The van der Waals surface area contributed by atoms with Crippen LogP contribution in [0.1, 0.15) is 21.5 Å². The lowest BCUT2D eigenvalue weighted by atomic mass is 10.1. The predicted octanol–water partition coefficient (Wildman–Crippen LogP) is 3.85. The first-order valence-electron chi connectivity index (χ1n) is 9.80. The van der Waals surface area contributed by atoms with Gasteiger partial charge in [0.2, 0.25) is 0 Å². The first kappa shape index (κ1) is 18.7. The van der Waals surface area contributed by atoms with E-state index in [0.29, 0.717) is 11.4 Å². The van der Waals surface area contributed by atoms with Gasteiger partial charge in [-0.2, -0.15) is 0 Å². The van der Waals surface area contributed by atoms with Crippen molar-refractivity contribution >= 4 is 17.4 Å². The normalized spacial score (nSPS) is 11.0. The van der Waals surface area contributed by atoms with Crippen molar-refractivity contribution in [3.63, 3.8) is 0 Å². The van der Waals surface area contributed by atoms with Crippen LogP contribution in [0.25, 0.3) is 22.6 Å². The molecule has 0 saturated carbocycles. The minimum atomic E-state index is -0.216. The summed E-state index contributed by atoms with van der Waals surface area (Å²) in [6.45, 7) is 3.92. The number of fused-ring (bicyclic) bond motifs is 1. The van der Waals surface area contributed by atoms with Gasteiger partial charge in [-0.1, -0.05) is 36.4 Å². The maximum atomic E-state index is 13.2. The van der Waals surface area contributed by atoms with Gasteiger partial charge in [-0.25, -0.2) is 9.67 Å². The van der Waals surface area contributed by atoms with Gasteiger partial charge in [-0.15, -0.1) is 5.10 Å². The molecule has 0 spiro atoms. The van der Waals surface area contributed by atoms with Crippen LogP contribution in [0.3, 0.4) is 0 Å². The van der Waals surface area contributed by atoms with Crippen molar-refractivity contribution in [3.8, 4) is 16.9 Å². The van der Waals surface area contributed by atoms with Crippen molar-refractivity contribution in [2.45, 2.75) is 13.8 Å². The molecule has 0 aliphatic heterocycles. The van der Waals surface area contributed by atoms with Crippen LogP contribution in [-0.2, 0) is 0 Å². The molecule has 2 aromatic carbocycles. The highest BCUT2D eigenvalue weighted by atomic mass is 16.1. The number of hydrogen-bond donors (Lipinski definition) is 1. The number of rotatable bonds is 4. The fourth-order valence-corrected chi connectivity index (χ4v) is 3.63. The number of tetrazole rings is 1. The van der Waals surface area contributed by atoms with Gasteiger partial charge >= 0.3 is 0 Å². The highest BCUT2D eigenvalue weighted by molar-refractivity contribution is 6.06. The summed E-state index contributed by atoms with van der Waals surface area (Å²) in [7, 11) is 0. The largest absolute Gasteiger partial charge is 0.306 e. The molecule has 31 heavy (non-hydrogen) atoms. The standard InChI is InChI=1S/C23H19N7O/c1-15-7-6-12-29-21(15)25-20(17-8-4-3-5-9-17)22(29)26-23(31)18-10-11-19(16(2)13-18)30-14-24-27-28-30/h3-14H,1-2H3,(H,26,31). The fourth-order valence-electron chi connectivity index (χ4n) is 3.63. The van der Waals surface area contributed by atoms with Crippen LogP contribution < -0.4 is 5.32 Å². The Morgan fingerprint density at radius 1 is 0.968 bits per heavy atom. The summed E-state index contributed by atoms with van der Waals surface area (Å²) in [4.78, 5) is 18.0. The van der Waals surface area contributed by atoms with E-state index in [2.05, 4.69) is 20.8 Å². The number of carbonyl (C=O) groups excluding carboxylic acids is 1. The van der Waals surface area contributed by atoms with Crippen molar-refractivity contribution in [1.82, 2.24) is 29.6 Å². The zero-order chi connectivity index (χ0) is 21.4. The molecule has 1 amide bonds. The summed E-state index contributed by atoms with van der Waals surface area (Å²) in [5, 5.41) is 14.3. The highest BCUT2D eigenvalue weighted by Crippen LogP contribution is 2.30. The molecule has 0 bridgehead atoms. The van der Waals surface area contributed by atoms with Crippen molar-refractivity contribution in [3.05, 3.63) is 89.9 Å². The van der Waals surface area contributed by atoms with Gasteiger partial charge in [0.05, 0.1) is 5.69 Å². The number of aromatic nitrogens is 6. The summed E-state index contributed by atoms with van der Waals surface area (Å²) in [5.74, 6) is 0.420. The SMILES string of the molecule is Cc1cc(C(=O)Nc2c(-c3ccccc3)nc3c(C)cccn23)ccc1-n1cnnn1. The summed E-state index contributed by atoms with van der Waals surface area (Å²) >= 11 is 0. The number of nitrogens with one attached hydrogen (secondary N) is 1. The van der Waals surface area contributed by atoms with Gasteiger partial charge in [-0.3, -0.25) is 9.20 Å². The molecule has 8 nitrogen and oxygen atoms in total. The van der Waals surface area contributed by atoms with Crippen LogP contribution in [0.5, 0.6) is 0 Å². The van der Waals surface area contributed by atoms with Gasteiger partial charge in [0.1, 0.15) is 23.5 Å². The molecule has 0 saturated heterocycles. The molecule has 0 atom stereocenters. The summed E-state index contributed by atoms with van der Waals surface area (Å²) in [6, 6.07) is 19.2. The Balaban J connectivity index is 1.55. The molecule has 1 N–H and O–H groups in total. The minimum absolute atomic E-state index is 0.216. The zero-order valence-corrected chi connectivity index (χ0v) is 17.0. The van der Waals surface area contributed by atoms with Gasteiger partial charge < -0.3 is 5.32 Å². The molecule has 5 aromatic rings. The van der Waals surface area contributed by atoms with E-state index in [1.807, 2.05) is 79.0 Å². The Labute approximate surface area is 178 Å². The number of hydrogen-bond acceptors (Lipinski definition) is 5. The lowest BCUT2D eigenvalue weighted by molar-refractivity contribution is 0.102. The summed E-state index contributed by atoms with van der Waals surface area (Å²) in [5.41, 5.74) is 5.74. The number of benzene rings is 2. The van der Waals surface area contributed by atoms with Gasteiger partial charge in [0.15, 0.2) is 0 Å². The van der Waals surface area contributed by atoms with Crippen LogP contribution >= 0.6 is 0 Å². The third kappa shape index (κ3) is 3.33. The number of aryl methyl sites for hydroxylation is 2. The van der Waals surface area contributed by atoms with Crippen LogP contribution in [0.15, 0.2) is 73.2 Å². The molecule has 3 heterocycles. The average Bonchev–Trinajstić information content (AvgIpc) is 3.44. The zero-order valence-electron chi connectivity index (χ0n) is 17.0. The lowest BCUT2D eigenvalue weighted by Gasteiger charge is -2.10. The molecule has 0 radical (unpaired) electrons. The molecular weight excluding hydrogens is 390 g/mol. The fraction of sp³-hybridized carbons (Fsp3) is 0.0870. The van der Waals surface area contributed by atoms with Gasteiger partial charge in [-0.05, 0) is 59.7 Å². The van der Waals surface area contributed by atoms with Crippen LogP contribution in [0, 0.1) is 13.8 Å². The Kier molecular flexibility index (Phi) is 4.51. The third-order valence-corrected chi connectivity index (χ3v) is 5.18. The maximum Gasteiger partial charge on any atom is 0.256 e. The second kappa shape index (κ2) is 7.49. The monoisotopic (exact) mass is 409 g/mol. The maximum absolute atomic E-state index is 13.2. The topological polar surface area (TPSA) is 90.0 Å². The number of imidazole rings is 1. The summed E-state index contributed by atoms with van der Waals surface area (Å²) < 4.78 is 3.48. The van der Waals surface area contributed by atoms with Crippen molar-refractivity contribution in [1.29, 1.82) is 0 Å². The first-order chi connectivity index (χ1) is 15.1. The van der Waals surface area contributed by atoms with Crippen molar-refractivity contribution in [2.24, 2.45) is 0 Å². The van der Waals surface area contributed by atoms with E-state index in [4.69, 9.17) is 4.98 Å². The summed E-state index contributed by atoms with van der Waals surface area (Å²) in [6.07, 6.45) is 3.43. The van der Waals surface area contributed by atoms with Crippen LogP contribution in [0.4, 0.5) is 5.82 Å². The molecule has 0 fully saturated rings. The Morgan fingerprint density at radius 3 is 2.55 bits per heavy atom. The van der Waals surface area contributed by atoms with E-state index >= 15 is 0 Å². The number of pyridine rings is 1. The second-order valence-electron chi connectivity index (χ2n) is 7.27. The molecule has 0 unspecified atom stereocenters. The third-order valence-electron chi connectivity index (χ3n) is 5.18. The molecule has 0 aliphatic rings. The second-order valence-corrected chi connectivity index (χ2v) is 7.27. The number of anilines is 1. The van der Waals surface area contributed by atoms with E-state index in [1.54, 1.807) is 10.7 Å². The van der Waals surface area contributed by atoms with E-state index in [0.717, 1.165) is 33.7 Å². The lowest BCUT2D eigenvalue weighted by Crippen LogP contribution is -2.14. The van der Waals surface area contributed by atoms with Crippen LogP contribution in [0.2, 0.25) is 0 Å². The smallest absolute Gasteiger partial charge is 0.256 e. The van der Waals surface area contributed by atoms with E-state index in [1.165, 1.54) is 6.33 Å². The molecule has 5 rings (SSSR count). The molecule has 0 aliphatic carbocycles. The highest BCUT2D eigenvalue weighted by Gasteiger charge is 2.18. The predicted molar refractivity (Wildman–Crippen MR) is 117 cm³/mol. The Hall–Kier alpha value is -4.33. The molecule has 8 heteroatoms. The molecular formula is C23H19N7O. The molecule has 3 aromatic heterocycles. The van der Waals surface area contributed by atoms with E-state index in [9.17, 15) is 4.79 Å². The minimum Gasteiger partial charge on any atom is -0.306 e. The van der Waals surface area contributed by atoms with Crippen LogP contribution in [-0.4, -0.2) is 35.5 Å². The number of carbonyl (C=O) groups is 1. The van der Waals surface area contributed by atoms with Crippen molar-refractivity contribution in [2.75, 3.05) is 5.32 Å². The Morgan fingerprint density at radius 2 is 1.81 bits per heavy atom. The number of amides is 1. The van der Waals surface area contributed by atoms with E-state index in [-0.39, 0.29) is 5.91 Å². The number of nitrogens with zero attached hydrogens (tertiary/aromatic N) is 6. The van der Waals surface area contributed by atoms with E-state index < -0.39 is 0 Å².